The van der Waals surface area contributed by atoms with E-state index in [4.69, 9.17) is 14.2 Å². The van der Waals surface area contributed by atoms with Crippen LogP contribution in [0.25, 0.3) is 22.2 Å². The van der Waals surface area contributed by atoms with Crippen LogP contribution in [0.5, 0.6) is 11.5 Å². The van der Waals surface area contributed by atoms with Gasteiger partial charge in [0.15, 0.2) is 11.6 Å². The van der Waals surface area contributed by atoms with E-state index in [0.29, 0.717) is 52.7 Å². The molecule has 0 bridgehead atoms. The molecule has 0 spiro atoms. The van der Waals surface area contributed by atoms with Crippen molar-refractivity contribution in [3.05, 3.63) is 41.5 Å². The molecule has 188 valence electrons. The highest BCUT2D eigenvalue weighted by Gasteiger charge is 2.27. The van der Waals surface area contributed by atoms with Gasteiger partial charge in [-0.05, 0) is 43.9 Å². The van der Waals surface area contributed by atoms with Crippen LogP contribution in [0.2, 0.25) is 25.7 Å². The minimum Gasteiger partial charge on any atom is -0.494 e. The quantitative estimate of drug-likeness (QED) is 0.258. The molecule has 35 heavy (non-hydrogen) atoms. The van der Waals surface area contributed by atoms with Gasteiger partial charge >= 0.3 is 5.97 Å². The average Bonchev–Trinajstić information content (AvgIpc) is 3.57. The maximum absolute atomic E-state index is 14.9. The van der Waals surface area contributed by atoms with Crippen LogP contribution in [-0.2, 0) is 11.5 Å². The Morgan fingerprint density at radius 3 is 2.60 bits per heavy atom. The molecule has 1 N–H and O–H groups in total. The highest BCUT2D eigenvalue weighted by molar-refractivity contribution is 6.76. The van der Waals surface area contributed by atoms with E-state index in [1.165, 1.54) is 13.2 Å². The fraction of sp³-hybridized carbons (Fsp3) is 0.462. The van der Waals surface area contributed by atoms with Gasteiger partial charge in [-0.15, -0.1) is 0 Å². The van der Waals surface area contributed by atoms with Crippen LogP contribution in [0, 0.1) is 18.7 Å². The van der Waals surface area contributed by atoms with Crippen molar-refractivity contribution in [2.24, 2.45) is 5.92 Å². The highest BCUT2D eigenvalue weighted by Crippen LogP contribution is 2.41. The maximum Gasteiger partial charge on any atom is 0.339 e. The van der Waals surface area contributed by atoms with Crippen molar-refractivity contribution in [1.29, 1.82) is 0 Å². The zero-order chi connectivity index (χ0) is 25.3. The number of carboxylic acids is 1. The van der Waals surface area contributed by atoms with E-state index in [9.17, 15) is 14.3 Å². The number of nitrogens with zero attached hydrogens (tertiary/aromatic N) is 2. The number of hydrogen-bond acceptors (Lipinski definition) is 5. The van der Waals surface area contributed by atoms with Gasteiger partial charge in [-0.3, -0.25) is 4.98 Å². The van der Waals surface area contributed by atoms with Crippen LogP contribution in [0.4, 0.5) is 4.39 Å². The molecule has 0 amide bonds. The first-order valence-electron chi connectivity index (χ1n) is 11.9. The lowest BCUT2D eigenvalue weighted by Crippen LogP contribution is -2.22. The first kappa shape index (κ1) is 25.2. The normalized spacial score (nSPS) is 13.9. The number of aromatic carboxylic acids is 1. The van der Waals surface area contributed by atoms with Gasteiger partial charge in [0.05, 0.1) is 19.2 Å². The summed E-state index contributed by atoms with van der Waals surface area (Å²) in [5, 5.41) is 9.95. The lowest BCUT2D eigenvalue weighted by atomic mass is 10.0. The number of hydrogen-bond donors (Lipinski definition) is 1. The summed E-state index contributed by atoms with van der Waals surface area (Å²) in [5.41, 5.74) is 2.72. The third-order valence-corrected chi connectivity index (χ3v) is 8.05. The summed E-state index contributed by atoms with van der Waals surface area (Å²) in [7, 11) is 0.130. The molecule has 1 saturated carbocycles. The number of methoxy groups -OCH3 is 1. The lowest BCUT2D eigenvalue weighted by molar-refractivity contribution is 0.0694. The second-order valence-corrected chi connectivity index (χ2v) is 16.0. The Hall–Kier alpha value is -2.91. The Balaban J connectivity index is 1.84. The summed E-state index contributed by atoms with van der Waals surface area (Å²) in [6.45, 7) is 9.87. The highest BCUT2D eigenvalue weighted by atomic mass is 28.3. The van der Waals surface area contributed by atoms with Gasteiger partial charge in [0.1, 0.15) is 23.6 Å². The first-order valence-corrected chi connectivity index (χ1v) is 15.6. The zero-order valence-corrected chi connectivity index (χ0v) is 22.0. The smallest absolute Gasteiger partial charge is 0.339 e. The van der Waals surface area contributed by atoms with Gasteiger partial charge < -0.3 is 23.9 Å². The van der Waals surface area contributed by atoms with Gasteiger partial charge in [-0.25, -0.2) is 9.18 Å². The largest absolute Gasteiger partial charge is 0.494 e. The first-order chi connectivity index (χ1) is 16.6. The molecule has 4 rings (SSSR count). The van der Waals surface area contributed by atoms with E-state index in [0.717, 1.165) is 18.9 Å². The van der Waals surface area contributed by atoms with Crippen molar-refractivity contribution in [3.8, 4) is 22.6 Å². The second kappa shape index (κ2) is 9.99. The summed E-state index contributed by atoms with van der Waals surface area (Å²) < 4.78 is 34.0. The standard InChI is InChI=1S/C26H33FN2O5Si/c1-16-23(26(30)31)24-25(29(16)15-33-10-11-35(3,4)5)18(8-9-28-24)19-12-20(27)22(32-2)13-21(19)34-14-17-6-7-17/h8-9,12-13,17H,6-7,10-11,14-15H2,1-5H3,(H,30,31). The number of carbonyl (C=O) groups is 1. The average molecular weight is 501 g/mol. The van der Waals surface area contributed by atoms with Crippen molar-refractivity contribution in [2.45, 2.75) is 52.2 Å². The SMILES string of the molecule is COc1cc(OCC2CC2)c(-c2ccnc3c(C(=O)O)c(C)n(COCC[Si](C)(C)C)c23)cc1F. The molecule has 0 radical (unpaired) electrons. The molecule has 2 heterocycles. The van der Waals surface area contributed by atoms with Crippen LogP contribution in [0.15, 0.2) is 24.4 Å². The molecule has 1 aliphatic carbocycles. The van der Waals surface area contributed by atoms with Gasteiger partial charge in [0.2, 0.25) is 0 Å². The summed E-state index contributed by atoms with van der Waals surface area (Å²) in [6, 6.07) is 5.69. The second-order valence-electron chi connectivity index (χ2n) is 10.3. The Kier molecular flexibility index (Phi) is 7.19. The van der Waals surface area contributed by atoms with Crippen LogP contribution >= 0.6 is 0 Å². The van der Waals surface area contributed by atoms with E-state index >= 15 is 0 Å². The molecule has 9 heteroatoms. The molecule has 2 aromatic heterocycles. The molecule has 1 aromatic carbocycles. The van der Waals surface area contributed by atoms with Crippen molar-refractivity contribution in [3.63, 3.8) is 0 Å². The monoisotopic (exact) mass is 500 g/mol. The van der Waals surface area contributed by atoms with Crippen molar-refractivity contribution in [1.82, 2.24) is 9.55 Å². The van der Waals surface area contributed by atoms with Crippen LogP contribution in [0.3, 0.4) is 0 Å². The number of aromatic nitrogens is 2. The Labute approximate surface area is 205 Å². The summed E-state index contributed by atoms with van der Waals surface area (Å²) in [5.74, 6) is -0.502. The number of halogens is 1. The fourth-order valence-electron chi connectivity index (χ4n) is 4.07. The molecule has 0 atom stereocenters. The Morgan fingerprint density at radius 1 is 1.23 bits per heavy atom. The number of ether oxygens (including phenoxy) is 3. The molecular weight excluding hydrogens is 467 g/mol. The van der Waals surface area contributed by atoms with Gasteiger partial charge in [0.25, 0.3) is 0 Å². The van der Waals surface area contributed by atoms with Gasteiger partial charge in [-0.2, -0.15) is 0 Å². The number of fused-ring (bicyclic) bond motifs is 1. The van der Waals surface area contributed by atoms with E-state index in [2.05, 4.69) is 24.6 Å². The number of carboxylic acid groups (broad SMARTS) is 1. The molecule has 1 fully saturated rings. The summed E-state index contributed by atoms with van der Waals surface area (Å²) >= 11 is 0. The van der Waals surface area contributed by atoms with Crippen molar-refractivity contribution >= 4 is 25.1 Å². The summed E-state index contributed by atoms with van der Waals surface area (Å²) in [4.78, 5) is 16.6. The molecule has 0 aliphatic heterocycles. The van der Waals surface area contributed by atoms with Gasteiger partial charge in [-0.1, -0.05) is 19.6 Å². The summed E-state index contributed by atoms with van der Waals surface area (Å²) in [6.07, 6.45) is 3.78. The van der Waals surface area contributed by atoms with E-state index in [-0.39, 0.29) is 18.0 Å². The van der Waals surface area contributed by atoms with E-state index in [1.54, 1.807) is 25.3 Å². The molecule has 0 saturated heterocycles. The van der Waals surface area contributed by atoms with Crippen LogP contribution in [-0.4, -0.2) is 49.0 Å². The van der Waals surface area contributed by atoms with E-state index < -0.39 is 19.9 Å². The molecule has 7 nitrogen and oxygen atoms in total. The van der Waals surface area contributed by atoms with Crippen molar-refractivity contribution < 1.29 is 28.5 Å². The predicted molar refractivity (Wildman–Crippen MR) is 136 cm³/mol. The third-order valence-electron chi connectivity index (χ3n) is 6.34. The van der Waals surface area contributed by atoms with Crippen LogP contribution < -0.4 is 9.47 Å². The number of pyridine rings is 1. The van der Waals surface area contributed by atoms with Crippen LogP contribution in [0.1, 0.15) is 28.9 Å². The fourth-order valence-corrected chi connectivity index (χ4v) is 4.82. The zero-order valence-electron chi connectivity index (χ0n) is 21.0. The third kappa shape index (κ3) is 5.51. The maximum atomic E-state index is 14.9. The Morgan fingerprint density at radius 2 is 1.97 bits per heavy atom. The Bertz CT molecular complexity index is 1250. The molecule has 3 aromatic rings. The van der Waals surface area contributed by atoms with Crippen molar-refractivity contribution in [2.75, 3.05) is 20.3 Å². The number of benzene rings is 1. The van der Waals surface area contributed by atoms with Gasteiger partial charge in [0, 0.05) is 43.8 Å². The van der Waals surface area contributed by atoms with E-state index in [1.807, 2.05) is 4.57 Å². The molecule has 1 aliphatic rings. The predicted octanol–water partition coefficient (Wildman–Crippen LogP) is 5.96. The molecular formula is C26H33FN2O5Si. The number of rotatable bonds is 11. The minimum absolute atomic E-state index is 0.0947. The molecule has 0 unspecified atom stereocenters. The lowest BCUT2D eigenvalue weighted by Gasteiger charge is -2.18. The minimum atomic E-state index is -1.29. The topological polar surface area (TPSA) is 82.8 Å².